The van der Waals surface area contributed by atoms with E-state index in [-0.39, 0.29) is 0 Å². The zero-order chi connectivity index (χ0) is 14.7. The SMILES string of the molecule is CC(C)CCN(CCCC(C)CCN)CCC(C)C. The van der Waals surface area contributed by atoms with Gasteiger partial charge >= 0.3 is 0 Å². The standard InChI is InChI=1S/C17H38N2/c1-15(2)9-13-19(14-10-16(3)4)12-6-7-17(5)8-11-18/h15-17H,6-14,18H2,1-5H3. The molecule has 0 saturated carbocycles. The normalized spacial score (nSPS) is 13.7. The fourth-order valence-corrected chi connectivity index (χ4v) is 2.31. The summed E-state index contributed by atoms with van der Waals surface area (Å²) in [6, 6.07) is 0. The van der Waals surface area contributed by atoms with Crippen LogP contribution in [0.5, 0.6) is 0 Å². The molecule has 0 aromatic rings. The van der Waals surface area contributed by atoms with E-state index in [9.17, 15) is 0 Å². The first-order valence-corrected chi connectivity index (χ1v) is 8.38. The maximum Gasteiger partial charge on any atom is -0.00163 e. The quantitative estimate of drug-likeness (QED) is 0.577. The van der Waals surface area contributed by atoms with Gasteiger partial charge in [-0.05, 0) is 76.0 Å². The van der Waals surface area contributed by atoms with Crippen LogP contribution in [0.4, 0.5) is 0 Å². The lowest BCUT2D eigenvalue weighted by Gasteiger charge is -2.24. The van der Waals surface area contributed by atoms with E-state index in [1.54, 1.807) is 0 Å². The first-order valence-electron chi connectivity index (χ1n) is 8.38. The molecule has 0 aromatic heterocycles. The van der Waals surface area contributed by atoms with Gasteiger partial charge in [0.2, 0.25) is 0 Å². The van der Waals surface area contributed by atoms with Crippen molar-refractivity contribution in [2.75, 3.05) is 26.2 Å². The second-order valence-corrected chi connectivity index (χ2v) is 7.03. The maximum atomic E-state index is 5.61. The summed E-state index contributed by atoms with van der Waals surface area (Å²) in [5.41, 5.74) is 5.61. The summed E-state index contributed by atoms with van der Waals surface area (Å²) in [4.78, 5) is 2.68. The van der Waals surface area contributed by atoms with Crippen molar-refractivity contribution in [2.24, 2.45) is 23.5 Å². The number of hydrogen-bond donors (Lipinski definition) is 1. The minimum absolute atomic E-state index is 0.794. The number of nitrogens with two attached hydrogens (primary N) is 1. The smallest absolute Gasteiger partial charge is 0.00163 e. The average Bonchev–Trinajstić information content (AvgIpc) is 2.31. The summed E-state index contributed by atoms with van der Waals surface area (Å²) < 4.78 is 0. The molecule has 0 aliphatic carbocycles. The number of nitrogens with zero attached hydrogens (tertiary/aromatic N) is 1. The van der Waals surface area contributed by atoms with Gasteiger partial charge < -0.3 is 10.6 Å². The van der Waals surface area contributed by atoms with E-state index >= 15 is 0 Å². The van der Waals surface area contributed by atoms with E-state index in [2.05, 4.69) is 39.5 Å². The average molecular weight is 271 g/mol. The molecule has 0 aliphatic rings. The van der Waals surface area contributed by atoms with Crippen molar-refractivity contribution in [1.82, 2.24) is 4.90 Å². The summed E-state index contributed by atoms with van der Waals surface area (Å²) in [5, 5.41) is 0. The largest absolute Gasteiger partial charge is 0.330 e. The highest BCUT2D eigenvalue weighted by Gasteiger charge is 2.08. The lowest BCUT2D eigenvalue weighted by atomic mass is 10.0. The van der Waals surface area contributed by atoms with Crippen LogP contribution >= 0.6 is 0 Å². The summed E-state index contributed by atoms with van der Waals surface area (Å²) >= 11 is 0. The molecule has 0 aromatic carbocycles. The van der Waals surface area contributed by atoms with Gasteiger partial charge in [0.15, 0.2) is 0 Å². The van der Waals surface area contributed by atoms with Gasteiger partial charge in [-0.25, -0.2) is 0 Å². The molecule has 0 heterocycles. The van der Waals surface area contributed by atoms with E-state index in [1.807, 2.05) is 0 Å². The summed E-state index contributed by atoms with van der Waals surface area (Å²) in [6.07, 6.45) is 6.50. The molecule has 0 saturated heterocycles. The van der Waals surface area contributed by atoms with Crippen LogP contribution < -0.4 is 5.73 Å². The first kappa shape index (κ1) is 18.9. The van der Waals surface area contributed by atoms with E-state index in [0.717, 1.165) is 24.3 Å². The Hall–Kier alpha value is -0.0800. The van der Waals surface area contributed by atoms with Crippen LogP contribution in [0.2, 0.25) is 0 Å². The monoisotopic (exact) mass is 270 g/mol. The third kappa shape index (κ3) is 12.7. The Morgan fingerprint density at radius 1 is 0.737 bits per heavy atom. The fourth-order valence-electron chi connectivity index (χ4n) is 2.31. The van der Waals surface area contributed by atoms with Crippen LogP contribution in [0.1, 0.15) is 66.7 Å². The topological polar surface area (TPSA) is 29.3 Å². The molecular weight excluding hydrogens is 232 g/mol. The molecule has 0 spiro atoms. The summed E-state index contributed by atoms with van der Waals surface area (Å²) in [7, 11) is 0. The van der Waals surface area contributed by atoms with Crippen molar-refractivity contribution in [3.8, 4) is 0 Å². The van der Waals surface area contributed by atoms with Crippen molar-refractivity contribution >= 4 is 0 Å². The Balaban J connectivity index is 3.89. The number of hydrogen-bond acceptors (Lipinski definition) is 2. The van der Waals surface area contributed by atoms with Crippen LogP contribution in [0.25, 0.3) is 0 Å². The minimum atomic E-state index is 0.794. The molecule has 0 amide bonds. The Kier molecular flexibility index (Phi) is 11.7. The van der Waals surface area contributed by atoms with E-state index in [4.69, 9.17) is 5.73 Å². The fraction of sp³-hybridized carbons (Fsp3) is 1.00. The number of rotatable bonds is 12. The third-order valence-electron chi connectivity index (χ3n) is 3.88. The zero-order valence-electron chi connectivity index (χ0n) is 14.1. The van der Waals surface area contributed by atoms with Crippen LogP contribution in [0, 0.1) is 17.8 Å². The minimum Gasteiger partial charge on any atom is -0.330 e. The Bertz CT molecular complexity index is 178. The highest BCUT2D eigenvalue weighted by molar-refractivity contribution is 4.63. The Labute approximate surface area is 122 Å². The van der Waals surface area contributed by atoms with Crippen molar-refractivity contribution < 1.29 is 0 Å². The second kappa shape index (κ2) is 11.7. The van der Waals surface area contributed by atoms with Gasteiger partial charge in [-0.15, -0.1) is 0 Å². The van der Waals surface area contributed by atoms with Crippen molar-refractivity contribution in [1.29, 1.82) is 0 Å². The third-order valence-corrected chi connectivity index (χ3v) is 3.88. The Morgan fingerprint density at radius 2 is 1.26 bits per heavy atom. The molecule has 0 fully saturated rings. The van der Waals surface area contributed by atoms with Gasteiger partial charge in [0.1, 0.15) is 0 Å². The second-order valence-electron chi connectivity index (χ2n) is 7.03. The molecule has 1 atom stereocenters. The van der Waals surface area contributed by atoms with Gasteiger partial charge in [-0.1, -0.05) is 34.6 Å². The summed E-state index contributed by atoms with van der Waals surface area (Å²) in [6.45, 7) is 16.3. The molecule has 2 heteroatoms. The molecule has 0 rings (SSSR count). The van der Waals surface area contributed by atoms with Crippen LogP contribution in [-0.2, 0) is 0 Å². The van der Waals surface area contributed by atoms with Crippen LogP contribution in [0.3, 0.4) is 0 Å². The molecular formula is C17H38N2. The van der Waals surface area contributed by atoms with Gasteiger partial charge in [-0.3, -0.25) is 0 Å². The van der Waals surface area contributed by atoms with Crippen LogP contribution in [0.15, 0.2) is 0 Å². The van der Waals surface area contributed by atoms with Crippen molar-refractivity contribution in [3.05, 3.63) is 0 Å². The van der Waals surface area contributed by atoms with E-state index < -0.39 is 0 Å². The highest BCUT2D eigenvalue weighted by atomic mass is 15.1. The Morgan fingerprint density at radius 3 is 1.68 bits per heavy atom. The van der Waals surface area contributed by atoms with Crippen molar-refractivity contribution in [3.63, 3.8) is 0 Å². The maximum absolute atomic E-state index is 5.61. The highest BCUT2D eigenvalue weighted by Crippen LogP contribution is 2.12. The molecule has 2 nitrogen and oxygen atoms in total. The van der Waals surface area contributed by atoms with Gasteiger partial charge in [0.05, 0.1) is 0 Å². The molecule has 116 valence electrons. The van der Waals surface area contributed by atoms with Gasteiger partial charge in [-0.2, -0.15) is 0 Å². The predicted molar refractivity (Wildman–Crippen MR) is 87.4 cm³/mol. The van der Waals surface area contributed by atoms with Crippen LogP contribution in [-0.4, -0.2) is 31.1 Å². The van der Waals surface area contributed by atoms with Gasteiger partial charge in [0, 0.05) is 0 Å². The van der Waals surface area contributed by atoms with E-state index in [0.29, 0.717) is 0 Å². The summed E-state index contributed by atoms with van der Waals surface area (Å²) in [5.74, 6) is 2.43. The molecule has 0 bridgehead atoms. The lowest BCUT2D eigenvalue weighted by Crippen LogP contribution is -2.29. The predicted octanol–water partition coefficient (Wildman–Crippen LogP) is 4.15. The first-order chi connectivity index (χ1) is 8.95. The molecule has 19 heavy (non-hydrogen) atoms. The van der Waals surface area contributed by atoms with Crippen molar-refractivity contribution in [2.45, 2.75) is 66.7 Å². The molecule has 2 N–H and O–H groups in total. The van der Waals surface area contributed by atoms with Gasteiger partial charge in [0.25, 0.3) is 0 Å². The molecule has 0 radical (unpaired) electrons. The lowest BCUT2D eigenvalue weighted by molar-refractivity contribution is 0.234. The molecule has 1 unspecified atom stereocenters. The zero-order valence-corrected chi connectivity index (χ0v) is 14.1. The molecule has 0 aliphatic heterocycles. The van der Waals surface area contributed by atoms with E-state index in [1.165, 1.54) is 51.7 Å².